The van der Waals surface area contributed by atoms with E-state index >= 15 is 0 Å². The van der Waals surface area contributed by atoms with Gasteiger partial charge in [-0.05, 0) is 41.7 Å². The van der Waals surface area contributed by atoms with Crippen molar-refractivity contribution in [3.63, 3.8) is 0 Å². The normalized spacial score (nSPS) is 11.4. The summed E-state index contributed by atoms with van der Waals surface area (Å²) >= 11 is 1.58. The van der Waals surface area contributed by atoms with Crippen molar-refractivity contribution in [2.75, 3.05) is 23.0 Å². The Kier molecular flexibility index (Phi) is 11.4. The van der Waals surface area contributed by atoms with E-state index in [-0.39, 0.29) is 48.1 Å². The van der Waals surface area contributed by atoms with Crippen molar-refractivity contribution in [2.45, 2.75) is 32.0 Å². The molecule has 17 nitrogen and oxygen atoms in total. The molecule has 244 valence electrons. The zero-order chi connectivity index (χ0) is 34.2. The van der Waals surface area contributed by atoms with Crippen LogP contribution in [-0.4, -0.2) is 87.5 Å². The average molecular weight is 758 g/mol. The molecular weight excluding hydrogens is 730 g/mol. The third-order valence-corrected chi connectivity index (χ3v) is 7.79. The molecule has 0 bridgehead atoms. The summed E-state index contributed by atoms with van der Waals surface area (Å²) in [6, 6.07) is 11.2. The van der Waals surface area contributed by atoms with E-state index < -0.39 is 43.5 Å². The summed E-state index contributed by atoms with van der Waals surface area (Å²) in [4.78, 5) is 66.8. The van der Waals surface area contributed by atoms with Gasteiger partial charge < -0.3 is 35.6 Å². The van der Waals surface area contributed by atoms with E-state index in [1.165, 1.54) is 30.5 Å². The van der Waals surface area contributed by atoms with E-state index in [0.717, 1.165) is 3.11 Å². The number of rotatable bonds is 13. The highest BCUT2D eigenvalue weighted by Crippen LogP contribution is 2.23. The van der Waals surface area contributed by atoms with Crippen LogP contribution in [0.4, 0.5) is 22.2 Å². The number of ether oxygens (including phenoxy) is 1. The van der Waals surface area contributed by atoms with Gasteiger partial charge in [0.2, 0.25) is 5.95 Å². The molecule has 0 fully saturated rings. The highest BCUT2D eigenvalue weighted by Gasteiger charge is 2.29. The number of amides is 2. The van der Waals surface area contributed by atoms with Crippen LogP contribution in [0.1, 0.15) is 34.5 Å². The first-order valence-corrected chi connectivity index (χ1v) is 14.7. The fraction of sp³-hybridized carbons (Fsp3) is 0.214. The second-order valence-electron chi connectivity index (χ2n) is 10.1. The first kappa shape index (κ1) is 34.7. The molecule has 0 aliphatic heterocycles. The summed E-state index contributed by atoms with van der Waals surface area (Å²) in [5.41, 5.74) is 8.34. The lowest BCUT2D eigenvalue weighted by atomic mass is 9.80. The van der Waals surface area contributed by atoms with E-state index in [1.54, 1.807) is 59.1 Å². The predicted octanol–water partition coefficient (Wildman–Crippen LogP) is 1.18. The van der Waals surface area contributed by atoms with Crippen molar-refractivity contribution in [1.29, 1.82) is 0 Å². The number of hydrogen-bond donors (Lipinski definition) is 6. The summed E-state index contributed by atoms with van der Waals surface area (Å²) in [7, 11) is 0.155. The molecule has 0 saturated carbocycles. The second-order valence-corrected chi connectivity index (χ2v) is 11.1. The molecule has 0 saturated heterocycles. The molecule has 19 heteroatoms. The second kappa shape index (κ2) is 15.4. The van der Waals surface area contributed by atoms with E-state index in [0.29, 0.717) is 22.4 Å². The molecule has 2 aromatic heterocycles. The number of fused-ring (bicyclic) bond motifs is 1. The maximum Gasteiger partial charge on any atom is 0.488 e. The summed E-state index contributed by atoms with van der Waals surface area (Å²) in [5.74, 6) is -3.23. The molecule has 4 aromatic rings. The van der Waals surface area contributed by atoms with E-state index in [2.05, 4.69) is 25.3 Å². The van der Waals surface area contributed by atoms with E-state index in [4.69, 9.17) is 15.6 Å². The minimum Gasteiger partial charge on any atom is -0.481 e. The van der Waals surface area contributed by atoms with Crippen LogP contribution in [0.5, 0.6) is 0 Å². The lowest BCUT2D eigenvalue weighted by molar-refractivity contribution is -0.141. The number of carboxylic acid groups (broad SMARTS) is 2. The molecule has 1 unspecified atom stereocenters. The molecule has 7 N–H and O–H groups in total. The van der Waals surface area contributed by atoms with Gasteiger partial charge >= 0.3 is 25.2 Å². The Bertz CT molecular complexity index is 1780. The zero-order valence-electron chi connectivity index (χ0n) is 24.6. The van der Waals surface area contributed by atoms with Gasteiger partial charge in [-0.15, -0.1) is 0 Å². The molecule has 0 spiro atoms. The monoisotopic (exact) mass is 758 g/mol. The van der Waals surface area contributed by atoms with Crippen LogP contribution in [-0.2, 0) is 27.5 Å². The van der Waals surface area contributed by atoms with Crippen LogP contribution in [0.3, 0.4) is 0 Å². The van der Waals surface area contributed by atoms with Gasteiger partial charge in [0.15, 0.2) is 17.0 Å². The van der Waals surface area contributed by atoms with Crippen LogP contribution < -0.4 is 21.4 Å². The SMILES string of the molecule is CN(Cc1cnc2nc(N)nc(NC(=O)OCc3ccc(B(O)O)cc3)c2n1)c1ccc(C(=O)N(I)C(CCC(=O)O)C(=O)O)cc1. The Morgan fingerprint density at radius 2 is 1.70 bits per heavy atom. The number of carbonyl (C=O) groups is 4. The predicted molar refractivity (Wildman–Crippen MR) is 177 cm³/mol. The van der Waals surface area contributed by atoms with Crippen LogP contribution in [0.25, 0.3) is 11.2 Å². The first-order valence-electron chi connectivity index (χ1n) is 13.8. The van der Waals surface area contributed by atoms with Crippen molar-refractivity contribution in [3.05, 3.63) is 71.5 Å². The molecule has 2 amide bonds. The minimum atomic E-state index is -1.61. The maximum atomic E-state index is 12.9. The first-order chi connectivity index (χ1) is 22.3. The van der Waals surface area contributed by atoms with Gasteiger partial charge in [0.05, 0.1) is 41.3 Å². The van der Waals surface area contributed by atoms with Gasteiger partial charge in [-0.2, -0.15) is 9.97 Å². The highest BCUT2D eigenvalue weighted by molar-refractivity contribution is 14.1. The van der Waals surface area contributed by atoms with Gasteiger partial charge in [0.1, 0.15) is 12.6 Å². The number of benzene rings is 2. The third-order valence-electron chi connectivity index (χ3n) is 6.68. The molecule has 47 heavy (non-hydrogen) atoms. The minimum absolute atomic E-state index is 0.0255. The van der Waals surface area contributed by atoms with Crippen molar-refractivity contribution < 1.29 is 44.2 Å². The number of aromatic nitrogens is 4. The summed E-state index contributed by atoms with van der Waals surface area (Å²) < 4.78 is 6.22. The van der Waals surface area contributed by atoms with Crippen LogP contribution >= 0.6 is 22.9 Å². The number of aliphatic carboxylic acids is 2. The van der Waals surface area contributed by atoms with Gasteiger partial charge in [-0.3, -0.25) is 18.0 Å². The maximum absolute atomic E-state index is 12.9. The topological polar surface area (TPSA) is 255 Å². The third kappa shape index (κ3) is 9.21. The Hall–Kier alpha value is -5.15. The fourth-order valence-electron chi connectivity index (χ4n) is 4.24. The Balaban J connectivity index is 1.43. The van der Waals surface area contributed by atoms with E-state index in [9.17, 15) is 34.3 Å². The largest absolute Gasteiger partial charge is 0.488 e. The molecule has 1 atom stereocenters. The Labute approximate surface area is 281 Å². The lowest BCUT2D eigenvalue weighted by Crippen LogP contribution is -2.38. The molecule has 0 aliphatic rings. The number of nitrogens with one attached hydrogen (secondary N) is 1. The fourth-order valence-corrected chi connectivity index (χ4v) is 5.04. The molecular formula is C28H28BIN8O9. The van der Waals surface area contributed by atoms with Crippen molar-refractivity contribution in [1.82, 2.24) is 23.0 Å². The van der Waals surface area contributed by atoms with Crippen LogP contribution in [0.2, 0.25) is 0 Å². The number of halogens is 1. The number of nitrogen functional groups attached to an aromatic ring is 1. The number of carboxylic acids is 2. The summed E-state index contributed by atoms with van der Waals surface area (Å²) in [6.45, 7) is 0.122. The van der Waals surface area contributed by atoms with Crippen LogP contribution in [0, 0.1) is 0 Å². The average Bonchev–Trinajstić information content (AvgIpc) is 3.03. The molecule has 2 aromatic carbocycles. The molecule has 4 rings (SSSR count). The smallest absolute Gasteiger partial charge is 0.481 e. The van der Waals surface area contributed by atoms with Crippen LogP contribution in [0.15, 0.2) is 54.7 Å². The van der Waals surface area contributed by atoms with Crippen molar-refractivity contribution in [3.8, 4) is 0 Å². The number of nitrogens with zero attached hydrogens (tertiary/aromatic N) is 6. The molecule has 2 heterocycles. The van der Waals surface area contributed by atoms with Crippen molar-refractivity contribution >= 4 is 88.0 Å². The molecule has 0 aliphatic carbocycles. The number of anilines is 3. The van der Waals surface area contributed by atoms with Gasteiger partial charge in [-0.25, -0.2) is 19.6 Å². The van der Waals surface area contributed by atoms with Crippen molar-refractivity contribution in [2.24, 2.45) is 0 Å². The Morgan fingerprint density at radius 1 is 1.02 bits per heavy atom. The van der Waals surface area contributed by atoms with Gasteiger partial charge in [-0.1, -0.05) is 24.3 Å². The zero-order valence-corrected chi connectivity index (χ0v) is 26.8. The van der Waals surface area contributed by atoms with Gasteiger partial charge in [0.25, 0.3) is 5.91 Å². The Morgan fingerprint density at radius 3 is 2.32 bits per heavy atom. The highest BCUT2D eigenvalue weighted by atomic mass is 127. The molecule has 0 radical (unpaired) electrons. The standard InChI is InChI=1S/C28H28BIN8O9/c1-37(19-8-4-16(5-9-19)25(41)38(30)20(26(42)43)10-11-21(39)40)13-18-12-32-23-22(33-18)24(35-27(31)34-23)36-28(44)47-14-15-2-6-17(7-3-15)29(45)46/h2-9,12,20,45-46H,10-11,13-14H2,1H3,(H,39,40)(H,42,43)(H3,31,32,34,35,36,44). The number of carbonyl (C=O) groups excluding carboxylic acids is 2. The quantitative estimate of drug-likeness (QED) is 0.0636. The number of hydrogen-bond acceptors (Lipinski definition) is 13. The van der Waals surface area contributed by atoms with Gasteiger partial charge in [0, 0.05) is 24.7 Å². The lowest BCUT2D eigenvalue weighted by Gasteiger charge is -2.23. The summed E-state index contributed by atoms with van der Waals surface area (Å²) in [5, 5.41) is 39.3. The van der Waals surface area contributed by atoms with E-state index in [1.807, 2.05) is 0 Å². The summed E-state index contributed by atoms with van der Waals surface area (Å²) in [6.07, 6.45) is -0.0111. The number of nitrogens with two attached hydrogens (primary N) is 1.